The number of nitrogens with one attached hydrogen (secondary N) is 1. The second-order valence-corrected chi connectivity index (χ2v) is 5.44. The van der Waals surface area contributed by atoms with Gasteiger partial charge in [0.25, 0.3) is 0 Å². The summed E-state index contributed by atoms with van der Waals surface area (Å²) in [6.07, 6.45) is 0.286. The molecule has 0 unspecified atom stereocenters. The highest BCUT2D eigenvalue weighted by Crippen LogP contribution is 2.19. The molecule has 1 atom stereocenters. The molecule has 22 heavy (non-hydrogen) atoms. The first-order chi connectivity index (χ1) is 10.6. The van der Waals surface area contributed by atoms with Crippen molar-refractivity contribution in [3.63, 3.8) is 0 Å². The van der Waals surface area contributed by atoms with E-state index >= 15 is 0 Å². The lowest BCUT2D eigenvalue weighted by Crippen LogP contribution is -2.58. The molecule has 6 nitrogen and oxygen atoms in total. The Morgan fingerprint density at radius 3 is 2.73 bits per heavy atom. The second-order valence-electron chi connectivity index (χ2n) is 5.44. The van der Waals surface area contributed by atoms with Gasteiger partial charge in [-0.1, -0.05) is 18.2 Å². The van der Waals surface area contributed by atoms with Gasteiger partial charge >= 0.3 is 0 Å². The number of methoxy groups -OCH3 is 1. The Morgan fingerprint density at radius 2 is 2.05 bits per heavy atom. The average molecular weight is 305 g/mol. The third-order valence-corrected chi connectivity index (χ3v) is 4.08. The number of hydrogen-bond acceptors (Lipinski definition) is 4. The molecule has 0 aliphatic carbocycles. The normalized spacial score (nSPS) is 18.9. The summed E-state index contributed by atoms with van der Waals surface area (Å²) in [7, 11) is 5.12. The Morgan fingerprint density at radius 1 is 1.32 bits per heavy atom. The molecule has 1 aromatic carbocycles. The predicted molar refractivity (Wildman–Crippen MR) is 83.8 cm³/mol. The number of hydrogen-bond donors (Lipinski definition) is 1. The van der Waals surface area contributed by atoms with E-state index in [1.54, 1.807) is 19.1 Å². The van der Waals surface area contributed by atoms with E-state index in [4.69, 9.17) is 4.74 Å². The number of likely N-dealkylation sites (N-methyl/N-ethyl adjacent to an activating group) is 2. The molecule has 0 spiro atoms. The van der Waals surface area contributed by atoms with Gasteiger partial charge in [0.2, 0.25) is 11.8 Å². The van der Waals surface area contributed by atoms with Crippen LogP contribution in [0, 0.1) is 0 Å². The molecule has 0 aromatic heterocycles. The summed E-state index contributed by atoms with van der Waals surface area (Å²) in [4.78, 5) is 28.1. The van der Waals surface area contributed by atoms with Crippen molar-refractivity contribution in [3.8, 4) is 5.75 Å². The highest BCUT2D eigenvalue weighted by molar-refractivity contribution is 5.84. The van der Waals surface area contributed by atoms with Crippen molar-refractivity contribution >= 4 is 11.8 Å². The van der Waals surface area contributed by atoms with Crippen LogP contribution in [-0.4, -0.2) is 68.5 Å². The largest absolute Gasteiger partial charge is 0.496 e. The Kier molecular flexibility index (Phi) is 5.38. The van der Waals surface area contributed by atoms with Gasteiger partial charge in [-0.15, -0.1) is 0 Å². The lowest BCUT2D eigenvalue weighted by molar-refractivity contribution is -0.136. The van der Waals surface area contributed by atoms with Crippen molar-refractivity contribution in [2.75, 3.05) is 40.8 Å². The van der Waals surface area contributed by atoms with Crippen LogP contribution >= 0.6 is 0 Å². The summed E-state index contributed by atoms with van der Waals surface area (Å²) in [5.41, 5.74) is 0.866. The molecule has 1 aliphatic heterocycles. The molecule has 0 bridgehead atoms. The SMILES string of the molecule is CNC(=O)[C@@H]1CN(C(=O)Cc2ccccc2OC)CCN1C. The Balaban J connectivity index is 2.05. The van der Waals surface area contributed by atoms with Gasteiger partial charge in [0.15, 0.2) is 0 Å². The topological polar surface area (TPSA) is 61.9 Å². The molecule has 0 saturated carbocycles. The van der Waals surface area contributed by atoms with Crippen LogP contribution < -0.4 is 10.1 Å². The number of benzene rings is 1. The predicted octanol–water partition coefficient (Wildman–Crippen LogP) is 0.126. The summed E-state index contributed by atoms with van der Waals surface area (Å²) in [5, 5.41) is 2.65. The van der Waals surface area contributed by atoms with Gasteiger partial charge in [0.05, 0.1) is 13.5 Å². The summed E-state index contributed by atoms with van der Waals surface area (Å²) in [6.45, 7) is 1.75. The van der Waals surface area contributed by atoms with Gasteiger partial charge in [0, 0.05) is 32.2 Å². The maximum atomic E-state index is 12.5. The summed E-state index contributed by atoms with van der Waals surface area (Å²) >= 11 is 0. The third kappa shape index (κ3) is 3.57. The molecular weight excluding hydrogens is 282 g/mol. The van der Waals surface area contributed by atoms with E-state index in [-0.39, 0.29) is 24.3 Å². The minimum Gasteiger partial charge on any atom is -0.496 e. The van der Waals surface area contributed by atoms with Crippen LogP contribution in [0.15, 0.2) is 24.3 Å². The van der Waals surface area contributed by atoms with E-state index in [9.17, 15) is 9.59 Å². The van der Waals surface area contributed by atoms with Crippen LogP contribution in [0.5, 0.6) is 5.75 Å². The number of ether oxygens (including phenoxy) is 1. The van der Waals surface area contributed by atoms with E-state index < -0.39 is 0 Å². The first kappa shape index (κ1) is 16.3. The Bertz CT molecular complexity index is 547. The van der Waals surface area contributed by atoms with Gasteiger partial charge < -0.3 is 15.0 Å². The van der Waals surface area contributed by atoms with E-state index in [1.807, 2.05) is 36.2 Å². The second kappa shape index (κ2) is 7.26. The van der Waals surface area contributed by atoms with Crippen LogP contribution in [0.3, 0.4) is 0 Å². The van der Waals surface area contributed by atoms with Gasteiger partial charge in [-0.05, 0) is 13.1 Å². The molecule has 0 radical (unpaired) electrons. The van der Waals surface area contributed by atoms with E-state index in [0.29, 0.717) is 25.4 Å². The number of rotatable bonds is 4. The van der Waals surface area contributed by atoms with E-state index in [1.165, 1.54) is 0 Å². The molecular formula is C16H23N3O3. The summed E-state index contributed by atoms with van der Waals surface area (Å²) in [6, 6.07) is 7.22. The van der Waals surface area contributed by atoms with Gasteiger partial charge in [-0.2, -0.15) is 0 Å². The number of carbonyl (C=O) groups is 2. The number of piperazine rings is 1. The van der Waals surface area contributed by atoms with Crippen LogP contribution in [-0.2, 0) is 16.0 Å². The standard InChI is InChI=1S/C16H23N3O3/c1-17-16(21)13-11-19(9-8-18(13)2)15(20)10-12-6-4-5-7-14(12)22-3/h4-7,13H,8-11H2,1-3H3,(H,17,21)/t13-/m0/s1. The first-order valence-electron chi connectivity index (χ1n) is 7.38. The van der Waals surface area contributed by atoms with Gasteiger partial charge in [0.1, 0.15) is 11.8 Å². The highest BCUT2D eigenvalue weighted by atomic mass is 16.5. The summed E-state index contributed by atoms with van der Waals surface area (Å²) < 4.78 is 5.28. The minimum atomic E-state index is -0.291. The number of carbonyl (C=O) groups excluding carboxylic acids is 2. The zero-order valence-electron chi connectivity index (χ0n) is 13.3. The van der Waals surface area contributed by atoms with Crippen LogP contribution in [0.1, 0.15) is 5.56 Å². The van der Waals surface area contributed by atoms with Gasteiger partial charge in [-0.25, -0.2) is 0 Å². The van der Waals surface area contributed by atoms with Crippen LogP contribution in [0.25, 0.3) is 0 Å². The smallest absolute Gasteiger partial charge is 0.238 e. The number of amides is 2. The van der Waals surface area contributed by atoms with Crippen molar-refractivity contribution in [1.29, 1.82) is 0 Å². The molecule has 1 heterocycles. The van der Waals surface area contributed by atoms with Crippen molar-refractivity contribution in [2.24, 2.45) is 0 Å². The molecule has 1 aromatic rings. The number of para-hydroxylation sites is 1. The first-order valence-corrected chi connectivity index (χ1v) is 7.38. The zero-order chi connectivity index (χ0) is 16.1. The van der Waals surface area contributed by atoms with Crippen molar-refractivity contribution < 1.29 is 14.3 Å². The van der Waals surface area contributed by atoms with E-state index in [0.717, 1.165) is 5.56 Å². The molecule has 2 rings (SSSR count). The Labute approximate surface area is 131 Å². The third-order valence-electron chi connectivity index (χ3n) is 4.08. The minimum absolute atomic E-state index is 0.0199. The maximum absolute atomic E-state index is 12.5. The Hall–Kier alpha value is -2.08. The lowest BCUT2D eigenvalue weighted by Gasteiger charge is -2.38. The molecule has 1 N–H and O–H groups in total. The molecule has 1 fully saturated rings. The van der Waals surface area contributed by atoms with E-state index in [2.05, 4.69) is 5.32 Å². The quantitative estimate of drug-likeness (QED) is 0.859. The lowest BCUT2D eigenvalue weighted by atomic mass is 10.1. The molecule has 1 aliphatic rings. The zero-order valence-corrected chi connectivity index (χ0v) is 13.3. The fourth-order valence-electron chi connectivity index (χ4n) is 2.67. The van der Waals surface area contributed by atoms with Crippen LogP contribution in [0.2, 0.25) is 0 Å². The molecule has 6 heteroatoms. The maximum Gasteiger partial charge on any atom is 0.238 e. The molecule has 2 amide bonds. The number of nitrogens with zero attached hydrogens (tertiary/aromatic N) is 2. The fraction of sp³-hybridized carbons (Fsp3) is 0.500. The average Bonchev–Trinajstić information content (AvgIpc) is 2.55. The highest BCUT2D eigenvalue weighted by Gasteiger charge is 2.31. The monoisotopic (exact) mass is 305 g/mol. The van der Waals surface area contributed by atoms with Crippen LogP contribution in [0.4, 0.5) is 0 Å². The summed E-state index contributed by atoms with van der Waals surface area (Å²) in [5.74, 6) is 0.677. The van der Waals surface area contributed by atoms with Gasteiger partial charge in [-0.3, -0.25) is 14.5 Å². The van der Waals surface area contributed by atoms with Crippen molar-refractivity contribution in [1.82, 2.24) is 15.1 Å². The van der Waals surface area contributed by atoms with Crippen molar-refractivity contribution in [2.45, 2.75) is 12.5 Å². The fourth-order valence-corrected chi connectivity index (χ4v) is 2.67. The van der Waals surface area contributed by atoms with Crippen molar-refractivity contribution in [3.05, 3.63) is 29.8 Å². The molecule has 120 valence electrons. The molecule has 1 saturated heterocycles.